The standard InChI is InChI=1S/C24H35N3O4S/c1-31-21-4-6-22(7-5-21)32(29,30)27-10-8-18(16-27)15-25-23(28)26-24-9-2-3-17-11-19(14-24)13-20(24)12-17/h4-7,17-20H,2-3,8-16H2,1H3,(H2,25,26,28)/t17-,18?,19?,20?,24?/m1/s1. The maximum Gasteiger partial charge on any atom is 0.315 e. The molecule has 3 saturated carbocycles. The fourth-order valence-electron chi connectivity index (χ4n) is 6.91. The molecule has 3 bridgehead atoms. The van der Waals surface area contributed by atoms with Crippen molar-refractivity contribution in [2.45, 2.75) is 61.8 Å². The highest BCUT2D eigenvalue weighted by Crippen LogP contribution is 2.55. The van der Waals surface area contributed by atoms with Crippen LogP contribution in [0.1, 0.15) is 51.4 Å². The second-order valence-electron chi connectivity index (χ2n) is 10.4. The van der Waals surface area contributed by atoms with E-state index in [0.29, 0.717) is 31.3 Å². The number of fused-ring (bicyclic) bond motifs is 2. The van der Waals surface area contributed by atoms with Crippen molar-refractivity contribution < 1.29 is 17.9 Å². The summed E-state index contributed by atoms with van der Waals surface area (Å²) >= 11 is 0. The molecule has 2 amide bonds. The van der Waals surface area contributed by atoms with Gasteiger partial charge in [-0.25, -0.2) is 13.2 Å². The predicted octanol–water partition coefficient (Wildman–Crippen LogP) is 3.36. The third-order valence-corrected chi connectivity index (χ3v) is 10.3. The van der Waals surface area contributed by atoms with Gasteiger partial charge in [-0.15, -0.1) is 0 Å². The first-order valence-electron chi connectivity index (χ1n) is 12.1. The first kappa shape index (κ1) is 22.0. The number of carbonyl (C=O) groups is 1. The third-order valence-electron chi connectivity index (χ3n) is 8.43. The van der Waals surface area contributed by atoms with Gasteiger partial charge in [-0.3, -0.25) is 0 Å². The molecule has 5 rings (SSSR count). The van der Waals surface area contributed by atoms with Crippen molar-refractivity contribution in [3.63, 3.8) is 0 Å². The molecule has 7 nitrogen and oxygen atoms in total. The molecule has 1 aromatic rings. The van der Waals surface area contributed by atoms with Crippen molar-refractivity contribution in [3.8, 4) is 5.75 Å². The highest BCUT2D eigenvalue weighted by molar-refractivity contribution is 7.89. The van der Waals surface area contributed by atoms with Crippen LogP contribution in [0.4, 0.5) is 4.79 Å². The van der Waals surface area contributed by atoms with Gasteiger partial charge in [0.05, 0.1) is 12.0 Å². The molecule has 0 aromatic heterocycles. The third kappa shape index (κ3) is 4.12. The van der Waals surface area contributed by atoms with E-state index in [0.717, 1.165) is 31.1 Å². The van der Waals surface area contributed by atoms with Crippen LogP contribution in [0.3, 0.4) is 0 Å². The normalized spacial score (nSPS) is 34.3. The number of sulfonamides is 1. The minimum Gasteiger partial charge on any atom is -0.497 e. The van der Waals surface area contributed by atoms with Crippen molar-refractivity contribution in [1.29, 1.82) is 0 Å². The summed E-state index contributed by atoms with van der Waals surface area (Å²) < 4.78 is 32.6. The Morgan fingerprint density at radius 3 is 2.72 bits per heavy atom. The number of ether oxygens (including phenoxy) is 1. The van der Waals surface area contributed by atoms with E-state index in [1.807, 2.05) is 0 Å². The smallest absolute Gasteiger partial charge is 0.315 e. The highest BCUT2D eigenvalue weighted by Gasteiger charge is 2.52. The highest BCUT2D eigenvalue weighted by atomic mass is 32.2. The van der Waals surface area contributed by atoms with Gasteiger partial charge in [0.1, 0.15) is 5.75 Å². The molecule has 176 valence electrons. The monoisotopic (exact) mass is 461 g/mol. The van der Waals surface area contributed by atoms with Crippen LogP contribution >= 0.6 is 0 Å². The van der Waals surface area contributed by atoms with E-state index >= 15 is 0 Å². The molecule has 3 aliphatic carbocycles. The lowest BCUT2D eigenvalue weighted by Crippen LogP contribution is -2.54. The maximum atomic E-state index is 13.0. The summed E-state index contributed by atoms with van der Waals surface area (Å²) in [7, 11) is -1.97. The van der Waals surface area contributed by atoms with E-state index < -0.39 is 10.0 Å². The number of hydrogen-bond acceptors (Lipinski definition) is 4. The Morgan fingerprint density at radius 2 is 1.94 bits per heavy atom. The molecule has 8 heteroatoms. The molecule has 4 unspecified atom stereocenters. The van der Waals surface area contributed by atoms with Gasteiger partial charge in [-0.05, 0) is 86.5 Å². The Kier molecular flexibility index (Phi) is 5.86. The number of rotatable bonds is 6. The van der Waals surface area contributed by atoms with Crippen LogP contribution in [0, 0.1) is 23.7 Å². The summed E-state index contributed by atoms with van der Waals surface area (Å²) in [5, 5.41) is 6.47. The van der Waals surface area contributed by atoms with E-state index in [4.69, 9.17) is 4.74 Å². The number of nitrogens with one attached hydrogen (secondary N) is 2. The second kappa shape index (κ2) is 8.52. The number of nitrogens with zero attached hydrogens (tertiary/aromatic N) is 1. The van der Waals surface area contributed by atoms with Gasteiger partial charge in [0.2, 0.25) is 10.0 Å². The van der Waals surface area contributed by atoms with E-state index in [-0.39, 0.29) is 22.4 Å². The van der Waals surface area contributed by atoms with Gasteiger partial charge in [0, 0.05) is 25.2 Å². The van der Waals surface area contributed by atoms with Gasteiger partial charge in [-0.1, -0.05) is 12.8 Å². The summed E-state index contributed by atoms with van der Waals surface area (Å²) in [6.07, 6.45) is 9.44. The maximum absolute atomic E-state index is 13.0. The molecule has 1 saturated heterocycles. The van der Waals surface area contributed by atoms with Gasteiger partial charge in [0.15, 0.2) is 0 Å². The van der Waals surface area contributed by atoms with Crippen LogP contribution in [0.5, 0.6) is 5.75 Å². The summed E-state index contributed by atoms with van der Waals surface area (Å²) in [6, 6.07) is 6.43. The molecule has 0 radical (unpaired) electrons. The molecular weight excluding hydrogens is 426 g/mol. The molecule has 1 aliphatic heterocycles. The number of methoxy groups -OCH3 is 1. The number of benzene rings is 1. The number of hydrogen-bond donors (Lipinski definition) is 2. The molecule has 32 heavy (non-hydrogen) atoms. The summed E-state index contributed by atoms with van der Waals surface area (Å²) in [6.45, 7) is 1.43. The number of carbonyl (C=O) groups excluding carboxylic acids is 1. The zero-order valence-corrected chi connectivity index (χ0v) is 19.7. The first-order valence-corrected chi connectivity index (χ1v) is 13.5. The molecule has 2 N–H and O–H groups in total. The van der Waals surface area contributed by atoms with Crippen molar-refractivity contribution in [3.05, 3.63) is 24.3 Å². The Morgan fingerprint density at radius 1 is 1.16 bits per heavy atom. The van der Waals surface area contributed by atoms with Crippen LogP contribution < -0.4 is 15.4 Å². The van der Waals surface area contributed by atoms with Crippen molar-refractivity contribution in [2.24, 2.45) is 23.7 Å². The quantitative estimate of drug-likeness (QED) is 0.680. The summed E-state index contributed by atoms with van der Waals surface area (Å²) in [5.41, 5.74) is -0.0145. The molecular formula is C24H35N3O4S. The average molecular weight is 462 g/mol. The number of urea groups is 1. The Hall–Kier alpha value is -1.80. The van der Waals surface area contributed by atoms with Crippen molar-refractivity contribution >= 4 is 16.1 Å². The lowest BCUT2D eigenvalue weighted by molar-refractivity contribution is 0.196. The zero-order valence-electron chi connectivity index (χ0n) is 18.9. The largest absolute Gasteiger partial charge is 0.497 e. The van der Waals surface area contributed by atoms with Crippen molar-refractivity contribution in [2.75, 3.05) is 26.7 Å². The Balaban J connectivity index is 1.15. The first-order chi connectivity index (χ1) is 15.4. The molecule has 5 atom stereocenters. The molecule has 4 fully saturated rings. The molecule has 0 spiro atoms. The summed E-state index contributed by atoms with van der Waals surface area (Å²) in [5.74, 6) is 3.05. The summed E-state index contributed by atoms with van der Waals surface area (Å²) in [4.78, 5) is 13.1. The van der Waals surface area contributed by atoms with Crippen molar-refractivity contribution in [1.82, 2.24) is 14.9 Å². The van der Waals surface area contributed by atoms with E-state index in [1.54, 1.807) is 31.4 Å². The van der Waals surface area contributed by atoms with E-state index in [2.05, 4.69) is 10.6 Å². The zero-order chi connectivity index (χ0) is 22.3. The average Bonchev–Trinajstić information content (AvgIpc) is 3.32. The SMILES string of the molecule is COc1ccc(S(=O)(=O)N2CCC(CNC(=O)NC34CCC[C@@H]5CC(CC3C5)C4)C2)cc1. The molecule has 4 aliphatic rings. The lowest BCUT2D eigenvalue weighted by Gasteiger charge is -2.35. The minimum absolute atomic E-state index is 0.0145. The van der Waals surface area contributed by atoms with Gasteiger partial charge in [0.25, 0.3) is 0 Å². The van der Waals surface area contributed by atoms with Crippen LogP contribution in [0.15, 0.2) is 29.2 Å². The number of amides is 2. The predicted molar refractivity (Wildman–Crippen MR) is 122 cm³/mol. The van der Waals surface area contributed by atoms with Crippen LogP contribution in [0.2, 0.25) is 0 Å². The Labute approximate surface area is 191 Å². The molecule has 1 aromatic carbocycles. The molecule has 1 heterocycles. The van der Waals surface area contributed by atoms with Gasteiger partial charge >= 0.3 is 6.03 Å². The van der Waals surface area contributed by atoms with Crippen LogP contribution in [0.25, 0.3) is 0 Å². The van der Waals surface area contributed by atoms with Crippen LogP contribution in [-0.4, -0.2) is 51.0 Å². The minimum atomic E-state index is -3.53. The topological polar surface area (TPSA) is 87.7 Å². The van der Waals surface area contributed by atoms with E-state index in [9.17, 15) is 13.2 Å². The fraction of sp³-hybridized carbons (Fsp3) is 0.708. The second-order valence-corrected chi connectivity index (χ2v) is 12.4. The Bertz CT molecular complexity index is 950. The van der Waals surface area contributed by atoms with Crippen LogP contribution in [-0.2, 0) is 10.0 Å². The van der Waals surface area contributed by atoms with Gasteiger partial charge in [-0.2, -0.15) is 4.31 Å². The van der Waals surface area contributed by atoms with Gasteiger partial charge < -0.3 is 15.4 Å². The van der Waals surface area contributed by atoms with E-state index in [1.165, 1.54) is 36.4 Å². The fourth-order valence-corrected chi connectivity index (χ4v) is 8.45. The lowest BCUT2D eigenvalue weighted by atomic mass is 9.79.